The van der Waals surface area contributed by atoms with Gasteiger partial charge in [-0.2, -0.15) is 0 Å². The standard InChI is InChI=1S/C64H102O6/c1-4-7-10-13-16-19-22-25-28-30-32-34-36-39-42-45-48-51-54-57-63(66)69-60-61(59-68-62(65)56-53-50-47-44-41-38-27-24-21-18-15-12-9-6-3)70-64(67)58-55-52-49-46-43-40-37-35-33-31-29-26-23-20-17-14-11-8-5-2/h7-8,10-11,15-20,24-29,32-35,39,42,61H,4-6,9,12-14,21-23,30-31,36-38,40-41,43-60H2,1-3H3/b10-7-,11-8-,18-15-,19-16-,20-17-,27-24-,28-25-,29-26-,34-32-,35-33-,42-39-. The Balaban J connectivity index is 4.52. The second kappa shape index (κ2) is 57.1. The smallest absolute Gasteiger partial charge is 0.306 e. The maximum absolute atomic E-state index is 12.9. The van der Waals surface area contributed by atoms with Crippen LogP contribution in [-0.2, 0) is 28.6 Å². The average Bonchev–Trinajstić information content (AvgIpc) is 3.36. The highest BCUT2D eigenvalue weighted by Gasteiger charge is 2.19. The van der Waals surface area contributed by atoms with E-state index in [4.69, 9.17) is 14.2 Å². The van der Waals surface area contributed by atoms with Gasteiger partial charge in [-0.05, 0) is 128 Å². The minimum absolute atomic E-state index is 0.107. The molecule has 0 N–H and O–H groups in total. The molecule has 0 radical (unpaired) electrons. The van der Waals surface area contributed by atoms with Gasteiger partial charge in [-0.25, -0.2) is 0 Å². The molecule has 0 saturated heterocycles. The topological polar surface area (TPSA) is 78.9 Å². The lowest BCUT2D eigenvalue weighted by atomic mass is 10.1. The third-order valence-electron chi connectivity index (χ3n) is 11.4. The molecule has 0 aliphatic heterocycles. The Labute approximate surface area is 430 Å². The summed E-state index contributed by atoms with van der Waals surface area (Å²) in [5.41, 5.74) is 0. The molecule has 0 spiro atoms. The van der Waals surface area contributed by atoms with Gasteiger partial charge in [0.15, 0.2) is 6.10 Å². The zero-order valence-corrected chi connectivity index (χ0v) is 45.0. The van der Waals surface area contributed by atoms with E-state index in [9.17, 15) is 14.4 Å². The van der Waals surface area contributed by atoms with Crippen molar-refractivity contribution in [3.63, 3.8) is 0 Å². The minimum Gasteiger partial charge on any atom is -0.462 e. The van der Waals surface area contributed by atoms with Crippen molar-refractivity contribution < 1.29 is 28.6 Å². The third kappa shape index (κ3) is 54.5. The number of esters is 3. The van der Waals surface area contributed by atoms with Gasteiger partial charge in [-0.3, -0.25) is 14.4 Å². The maximum Gasteiger partial charge on any atom is 0.306 e. The molecule has 6 heteroatoms. The van der Waals surface area contributed by atoms with E-state index in [1.807, 2.05) is 0 Å². The van der Waals surface area contributed by atoms with Crippen LogP contribution >= 0.6 is 0 Å². The number of unbranched alkanes of at least 4 members (excludes halogenated alkanes) is 16. The van der Waals surface area contributed by atoms with E-state index in [-0.39, 0.29) is 31.1 Å². The first kappa shape index (κ1) is 65.5. The van der Waals surface area contributed by atoms with Crippen LogP contribution in [0.25, 0.3) is 0 Å². The summed E-state index contributed by atoms with van der Waals surface area (Å²) in [5.74, 6) is -0.972. The molecule has 1 atom stereocenters. The Kier molecular flexibility index (Phi) is 53.5. The summed E-state index contributed by atoms with van der Waals surface area (Å²) in [4.78, 5) is 38.2. The van der Waals surface area contributed by atoms with Crippen LogP contribution in [-0.4, -0.2) is 37.2 Å². The van der Waals surface area contributed by atoms with Gasteiger partial charge in [-0.1, -0.05) is 219 Å². The fourth-order valence-electron chi connectivity index (χ4n) is 7.18. The predicted molar refractivity (Wildman–Crippen MR) is 302 cm³/mol. The molecule has 0 aromatic heterocycles. The minimum atomic E-state index is -0.811. The zero-order chi connectivity index (χ0) is 50.7. The molecule has 0 aromatic rings. The van der Waals surface area contributed by atoms with Crippen molar-refractivity contribution in [1.82, 2.24) is 0 Å². The van der Waals surface area contributed by atoms with Crippen LogP contribution in [0.1, 0.15) is 233 Å². The third-order valence-corrected chi connectivity index (χ3v) is 11.4. The van der Waals surface area contributed by atoms with Crippen molar-refractivity contribution >= 4 is 17.9 Å². The lowest BCUT2D eigenvalue weighted by Crippen LogP contribution is -2.30. The number of carbonyl (C=O) groups is 3. The molecule has 6 nitrogen and oxygen atoms in total. The van der Waals surface area contributed by atoms with Gasteiger partial charge in [0.2, 0.25) is 0 Å². The van der Waals surface area contributed by atoms with Crippen molar-refractivity contribution in [1.29, 1.82) is 0 Å². The van der Waals surface area contributed by atoms with Crippen molar-refractivity contribution in [2.45, 2.75) is 239 Å². The van der Waals surface area contributed by atoms with Crippen LogP contribution in [0.15, 0.2) is 134 Å². The van der Waals surface area contributed by atoms with Gasteiger partial charge in [0.05, 0.1) is 0 Å². The highest BCUT2D eigenvalue weighted by molar-refractivity contribution is 5.71. The van der Waals surface area contributed by atoms with Gasteiger partial charge in [0, 0.05) is 19.3 Å². The van der Waals surface area contributed by atoms with Crippen LogP contribution in [0.3, 0.4) is 0 Å². The highest BCUT2D eigenvalue weighted by Crippen LogP contribution is 2.13. The molecule has 0 fully saturated rings. The second-order valence-electron chi connectivity index (χ2n) is 18.1. The van der Waals surface area contributed by atoms with Crippen LogP contribution in [0, 0.1) is 0 Å². The molecule has 0 heterocycles. The van der Waals surface area contributed by atoms with E-state index in [0.717, 1.165) is 161 Å². The first-order chi connectivity index (χ1) is 34.5. The molecular formula is C64H102O6. The number of hydrogen-bond acceptors (Lipinski definition) is 6. The fourth-order valence-corrected chi connectivity index (χ4v) is 7.18. The SMILES string of the molecule is CC/C=C\C/C=C\C/C=C\C/C=C\C/C=C\CCCCCC(=O)OCC(COC(=O)CCCCCCC/C=C\C/C=C\CCCC)OC(=O)CCCCCCCC/C=C\C/C=C\C/C=C\C/C=C\CC. The van der Waals surface area contributed by atoms with Gasteiger partial charge < -0.3 is 14.2 Å². The number of carbonyl (C=O) groups excluding carboxylic acids is 3. The molecule has 0 aromatic carbocycles. The Bertz CT molecular complexity index is 1530. The summed E-state index contributed by atoms with van der Waals surface area (Å²) in [7, 11) is 0. The Morgan fingerprint density at radius 1 is 0.300 bits per heavy atom. The average molecular weight is 968 g/mol. The van der Waals surface area contributed by atoms with Crippen LogP contribution in [0.4, 0.5) is 0 Å². The van der Waals surface area contributed by atoms with Gasteiger partial charge in [0.1, 0.15) is 13.2 Å². The molecule has 0 saturated carbocycles. The molecule has 0 aliphatic carbocycles. The molecule has 0 rings (SSSR count). The Hall–Kier alpha value is -4.45. The molecule has 394 valence electrons. The summed E-state index contributed by atoms with van der Waals surface area (Å²) < 4.78 is 16.8. The maximum atomic E-state index is 12.9. The molecule has 1 unspecified atom stereocenters. The number of hydrogen-bond donors (Lipinski definition) is 0. The quantitative estimate of drug-likeness (QED) is 0.0262. The largest absolute Gasteiger partial charge is 0.462 e. The highest BCUT2D eigenvalue weighted by atomic mass is 16.6. The molecule has 0 bridgehead atoms. The molecular weight excluding hydrogens is 865 g/mol. The Morgan fingerprint density at radius 2 is 0.557 bits per heavy atom. The van der Waals surface area contributed by atoms with Gasteiger partial charge >= 0.3 is 17.9 Å². The van der Waals surface area contributed by atoms with E-state index < -0.39 is 6.10 Å². The van der Waals surface area contributed by atoms with E-state index in [1.165, 1.54) is 32.1 Å². The van der Waals surface area contributed by atoms with E-state index in [1.54, 1.807) is 0 Å². The summed E-state index contributed by atoms with van der Waals surface area (Å²) in [5, 5.41) is 0. The zero-order valence-electron chi connectivity index (χ0n) is 45.0. The van der Waals surface area contributed by atoms with E-state index >= 15 is 0 Å². The molecule has 70 heavy (non-hydrogen) atoms. The van der Waals surface area contributed by atoms with Crippen molar-refractivity contribution in [2.24, 2.45) is 0 Å². The normalized spacial score (nSPS) is 13.1. The number of rotatable bonds is 49. The summed E-state index contributed by atoms with van der Waals surface area (Å²) in [6.45, 7) is 6.31. The first-order valence-electron chi connectivity index (χ1n) is 28.2. The number of allylic oxidation sites excluding steroid dienone is 22. The molecule has 0 aliphatic rings. The van der Waals surface area contributed by atoms with Gasteiger partial charge in [-0.15, -0.1) is 0 Å². The second-order valence-corrected chi connectivity index (χ2v) is 18.1. The number of ether oxygens (including phenoxy) is 3. The van der Waals surface area contributed by atoms with E-state index in [0.29, 0.717) is 19.3 Å². The lowest BCUT2D eigenvalue weighted by molar-refractivity contribution is -0.167. The monoisotopic (exact) mass is 967 g/mol. The van der Waals surface area contributed by atoms with Crippen LogP contribution in [0.5, 0.6) is 0 Å². The fraction of sp³-hybridized carbons (Fsp3) is 0.609. The van der Waals surface area contributed by atoms with Crippen molar-refractivity contribution in [2.75, 3.05) is 13.2 Å². The summed E-state index contributed by atoms with van der Waals surface area (Å²) in [6, 6.07) is 0. The Morgan fingerprint density at radius 3 is 0.886 bits per heavy atom. The van der Waals surface area contributed by atoms with Gasteiger partial charge in [0.25, 0.3) is 0 Å². The van der Waals surface area contributed by atoms with Crippen molar-refractivity contribution in [3.8, 4) is 0 Å². The summed E-state index contributed by atoms with van der Waals surface area (Å²) >= 11 is 0. The van der Waals surface area contributed by atoms with E-state index in [2.05, 4.69) is 154 Å². The van der Waals surface area contributed by atoms with Crippen LogP contribution < -0.4 is 0 Å². The first-order valence-corrected chi connectivity index (χ1v) is 28.2. The predicted octanol–water partition coefficient (Wildman–Crippen LogP) is 19.0. The van der Waals surface area contributed by atoms with Crippen molar-refractivity contribution in [3.05, 3.63) is 134 Å². The molecule has 0 amide bonds. The van der Waals surface area contributed by atoms with Crippen LogP contribution in [0.2, 0.25) is 0 Å². The lowest BCUT2D eigenvalue weighted by Gasteiger charge is -2.18. The summed E-state index contributed by atoms with van der Waals surface area (Å²) in [6.07, 6.45) is 80.0.